The number of alkyl halides is 4. The third-order valence-electron chi connectivity index (χ3n) is 2.73. The van der Waals surface area contributed by atoms with E-state index in [1.165, 1.54) is 30.3 Å². The smallest absolute Gasteiger partial charge is 0.428 e. The summed E-state index contributed by atoms with van der Waals surface area (Å²) >= 11 is 0. The highest BCUT2D eigenvalue weighted by atomic mass is 19.3. The zero-order chi connectivity index (χ0) is 16.2. The van der Waals surface area contributed by atoms with Gasteiger partial charge >= 0.3 is 12.5 Å². The second kappa shape index (κ2) is 6.64. The minimum atomic E-state index is -4.55. The van der Waals surface area contributed by atoms with E-state index in [1.807, 2.05) is 0 Å². The largest absolute Gasteiger partial charge is 0.461 e. The summed E-state index contributed by atoms with van der Waals surface area (Å²) in [5, 5.41) is 2.88. The maximum Gasteiger partial charge on any atom is 0.461 e. The Labute approximate surface area is 123 Å². The molecular formula is C15H12F5NO. The molecule has 0 unspecified atom stereocenters. The zero-order valence-electron chi connectivity index (χ0n) is 11.2. The van der Waals surface area contributed by atoms with E-state index in [1.54, 1.807) is 12.1 Å². The van der Waals surface area contributed by atoms with E-state index in [0.29, 0.717) is 11.3 Å². The molecule has 0 spiro atoms. The van der Waals surface area contributed by atoms with Gasteiger partial charge < -0.3 is 10.1 Å². The molecule has 0 saturated heterocycles. The van der Waals surface area contributed by atoms with Gasteiger partial charge in [0.15, 0.2) is 0 Å². The van der Waals surface area contributed by atoms with Crippen LogP contribution in [0.4, 0.5) is 27.6 Å². The fourth-order valence-electron chi connectivity index (χ4n) is 1.72. The highest BCUT2D eigenvalue weighted by Gasteiger charge is 2.43. The van der Waals surface area contributed by atoms with Crippen LogP contribution in [0.2, 0.25) is 0 Å². The number of hydrogen-bond donors (Lipinski definition) is 1. The molecule has 2 nitrogen and oxygen atoms in total. The SMILES string of the molecule is Fc1cccc(NCc2cccc(OC(F)(F)C(F)F)c2)c1. The predicted octanol–water partition coefficient (Wildman–Crippen LogP) is 4.67. The molecule has 0 radical (unpaired) electrons. The highest BCUT2D eigenvalue weighted by molar-refractivity contribution is 5.44. The van der Waals surface area contributed by atoms with Gasteiger partial charge in [0.05, 0.1) is 0 Å². The summed E-state index contributed by atoms with van der Waals surface area (Å²) < 4.78 is 66.8. The summed E-state index contributed by atoms with van der Waals surface area (Å²) in [4.78, 5) is 0. The molecule has 2 aromatic carbocycles. The summed E-state index contributed by atoms with van der Waals surface area (Å²) in [5.74, 6) is -0.789. The summed E-state index contributed by atoms with van der Waals surface area (Å²) in [6.07, 6.45) is -8.46. The van der Waals surface area contributed by atoms with Crippen molar-refractivity contribution in [2.24, 2.45) is 0 Å². The number of benzene rings is 2. The lowest BCUT2D eigenvalue weighted by Gasteiger charge is -2.17. The second-order valence-corrected chi connectivity index (χ2v) is 4.48. The molecule has 0 bridgehead atoms. The Kier molecular flexibility index (Phi) is 4.85. The third-order valence-corrected chi connectivity index (χ3v) is 2.73. The minimum Gasteiger partial charge on any atom is -0.428 e. The van der Waals surface area contributed by atoms with E-state index in [0.717, 1.165) is 6.07 Å². The fourth-order valence-corrected chi connectivity index (χ4v) is 1.72. The molecule has 118 valence electrons. The molecule has 0 aliphatic carbocycles. The number of anilines is 1. The van der Waals surface area contributed by atoms with Crippen molar-refractivity contribution in [3.05, 3.63) is 59.9 Å². The lowest BCUT2D eigenvalue weighted by Crippen LogP contribution is -2.33. The molecule has 0 saturated carbocycles. The molecule has 2 aromatic rings. The van der Waals surface area contributed by atoms with Crippen molar-refractivity contribution in [2.45, 2.75) is 19.1 Å². The second-order valence-electron chi connectivity index (χ2n) is 4.48. The molecule has 0 fully saturated rings. The van der Waals surface area contributed by atoms with Crippen molar-refractivity contribution in [3.8, 4) is 5.75 Å². The first-order chi connectivity index (χ1) is 10.4. The van der Waals surface area contributed by atoms with Crippen LogP contribution < -0.4 is 10.1 Å². The first-order valence-electron chi connectivity index (χ1n) is 6.30. The molecule has 0 amide bonds. The van der Waals surface area contributed by atoms with Gasteiger partial charge in [-0.3, -0.25) is 0 Å². The monoisotopic (exact) mass is 317 g/mol. The molecule has 0 aromatic heterocycles. The highest BCUT2D eigenvalue weighted by Crippen LogP contribution is 2.28. The van der Waals surface area contributed by atoms with Gasteiger partial charge in [-0.1, -0.05) is 18.2 Å². The van der Waals surface area contributed by atoms with Gasteiger partial charge in [-0.05, 0) is 35.9 Å². The van der Waals surface area contributed by atoms with Crippen molar-refractivity contribution in [3.63, 3.8) is 0 Å². The van der Waals surface area contributed by atoms with Gasteiger partial charge in [-0.15, -0.1) is 0 Å². The lowest BCUT2D eigenvalue weighted by molar-refractivity contribution is -0.253. The van der Waals surface area contributed by atoms with Crippen molar-refractivity contribution in [2.75, 3.05) is 5.32 Å². The maximum atomic E-state index is 13.0. The fraction of sp³-hybridized carbons (Fsp3) is 0.200. The molecular weight excluding hydrogens is 305 g/mol. The van der Waals surface area contributed by atoms with Gasteiger partial charge in [-0.2, -0.15) is 17.6 Å². The van der Waals surface area contributed by atoms with Crippen LogP contribution in [0.1, 0.15) is 5.56 Å². The standard InChI is InChI=1S/C15H12F5NO/c16-11-4-2-5-12(8-11)21-9-10-3-1-6-13(7-10)22-15(19,20)14(17)18/h1-8,14,21H,9H2. The summed E-state index contributed by atoms with van der Waals surface area (Å²) in [6.45, 7) is 0.195. The summed E-state index contributed by atoms with van der Waals surface area (Å²) in [5.41, 5.74) is 1.02. The van der Waals surface area contributed by atoms with E-state index in [2.05, 4.69) is 10.1 Å². The molecule has 22 heavy (non-hydrogen) atoms. The van der Waals surface area contributed by atoms with E-state index in [9.17, 15) is 22.0 Å². The van der Waals surface area contributed by atoms with Gasteiger partial charge in [-0.25, -0.2) is 4.39 Å². The number of rotatable bonds is 6. The average molecular weight is 317 g/mol. The van der Waals surface area contributed by atoms with Crippen LogP contribution in [-0.4, -0.2) is 12.5 Å². The van der Waals surface area contributed by atoms with E-state index in [4.69, 9.17) is 0 Å². The van der Waals surface area contributed by atoms with Gasteiger partial charge in [0, 0.05) is 12.2 Å². The predicted molar refractivity (Wildman–Crippen MR) is 71.7 cm³/mol. The van der Waals surface area contributed by atoms with E-state index < -0.39 is 18.4 Å². The molecule has 0 atom stereocenters. The Morgan fingerprint density at radius 3 is 2.45 bits per heavy atom. The minimum absolute atomic E-state index is 0.195. The van der Waals surface area contributed by atoms with E-state index >= 15 is 0 Å². The normalized spacial score (nSPS) is 11.5. The number of halogens is 5. The van der Waals surface area contributed by atoms with Crippen LogP contribution in [0.15, 0.2) is 48.5 Å². The zero-order valence-corrected chi connectivity index (χ0v) is 11.2. The number of nitrogens with one attached hydrogen (secondary N) is 1. The third kappa shape index (κ3) is 4.34. The molecule has 2 rings (SSSR count). The molecule has 1 N–H and O–H groups in total. The Bertz CT molecular complexity index is 633. The first kappa shape index (κ1) is 16.1. The van der Waals surface area contributed by atoms with Crippen LogP contribution in [0.5, 0.6) is 5.75 Å². The van der Waals surface area contributed by atoms with Crippen LogP contribution in [0, 0.1) is 5.82 Å². The summed E-state index contributed by atoms with van der Waals surface area (Å²) in [7, 11) is 0. The maximum absolute atomic E-state index is 13.0. The molecule has 0 heterocycles. The van der Waals surface area contributed by atoms with E-state index in [-0.39, 0.29) is 12.3 Å². The average Bonchev–Trinajstić information content (AvgIpc) is 2.45. The van der Waals surface area contributed by atoms with Crippen LogP contribution in [0.25, 0.3) is 0 Å². The lowest BCUT2D eigenvalue weighted by atomic mass is 10.2. The molecule has 7 heteroatoms. The number of hydrogen-bond acceptors (Lipinski definition) is 2. The Hall–Kier alpha value is -2.31. The van der Waals surface area contributed by atoms with Crippen molar-refractivity contribution in [1.29, 1.82) is 0 Å². The van der Waals surface area contributed by atoms with Crippen LogP contribution in [0.3, 0.4) is 0 Å². The van der Waals surface area contributed by atoms with Gasteiger partial charge in [0.25, 0.3) is 0 Å². The Morgan fingerprint density at radius 2 is 1.77 bits per heavy atom. The molecule has 0 aliphatic rings. The van der Waals surface area contributed by atoms with Crippen molar-refractivity contribution >= 4 is 5.69 Å². The van der Waals surface area contributed by atoms with Crippen LogP contribution in [-0.2, 0) is 6.54 Å². The summed E-state index contributed by atoms with van der Waals surface area (Å²) in [6, 6.07) is 11.1. The number of ether oxygens (including phenoxy) is 1. The Balaban J connectivity index is 2.02. The first-order valence-corrected chi connectivity index (χ1v) is 6.30. The van der Waals surface area contributed by atoms with Gasteiger partial charge in [0.2, 0.25) is 0 Å². The van der Waals surface area contributed by atoms with Crippen LogP contribution >= 0.6 is 0 Å². The Morgan fingerprint density at radius 1 is 1.05 bits per heavy atom. The van der Waals surface area contributed by atoms with Gasteiger partial charge in [0.1, 0.15) is 11.6 Å². The quantitative estimate of drug-likeness (QED) is 0.782. The van der Waals surface area contributed by atoms with Crippen molar-refractivity contribution < 1.29 is 26.7 Å². The van der Waals surface area contributed by atoms with Crippen molar-refractivity contribution in [1.82, 2.24) is 0 Å². The topological polar surface area (TPSA) is 21.3 Å². The molecule has 0 aliphatic heterocycles.